The number of halogens is 2. The Morgan fingerprint density at radius 3 is 2.18 bits per heavy atom. The SMILES string of the molecule is O=C(/C=C/NNC(=O)c1ccc(Br)cc1)c1ccc(Cl)cc1. The average molecular weight is 380 g/mol. The van der Waals surface area contributed by atoms with Crippen molar-refractivity contribution in [1.82, 2.24) is 10.9 Å². The van der Waals surface area contributed by atoms with Crippen LogP contribution in [0.1, 0.15) is 20.7 Å². The molecule has 4 nitrogen and oxygen atoms in total. The molecule has 0 spiro atoms. The Kier molecular flexibility index (Phi) is 5.75. The Morgan fingerprint density at radius 1 is 0.955 bits per heavy atom. The number of rotatable bonds is 5. The van der Waals surface area contributed by atoms with Crippen molar-refractivity contribution in [2.45, 2.75) is 0 Å². The highest BCUT2D eigenvalue weighted by atomic mass is 79.9. The van der Waals surface area contributed by atoms with E-state index in [1.807, 2.05) is 0 Å². The number of carbonyl (C=O) groups excluding carboxylic acids is 2. The lowest BCUT2D eigenvalue weighted by atomic mass is 10.1. The zero-order valence-electron chi connectivity index (χ0n) is 11.3. The molecule has 0 aromatic heterocycles. The number of carbonyl (C=O) groups is 2. The van der Waals surface area contributed by atoms with Crippen LogP contribution in [-0.2, 0) is 0 Å². The van der Waals surface area contributed by atoms with Crippen molar-refractivity contribution in [3.63, 3.8) is 0 Å². The van der Waals surface area contributed by atoms with Gasteiger partial charge in [-0.1, -0.05) is 27.5 Å². The van der Waals surface area contributed by atoms with Gasteiger partial charge in [0.2, 0.25) is 0 Å². The molecule has 1 amide bonds. The molecule has 6 heteroatoms. The highest BCUT2D eigenvalue weighted by Gasteiger charge is 2.03. The summed E-state index contributed by atoms with van der Waals surface area (Å²) in [5.74, 6) is -0.488. The summed E-state index contributed by atoms with van der Waals surface area (Å²) in [5, 5.41) is 0.570. The van der Waals surface area contributed by atoms with Crippen LogP contribution >= 0.6 is 27.5 Å². The molecule has 0 unspecified atom stereocenters. The smallest absolute Gasteiger partial charge is 0.269 e. The molecule has 0 bridgehead atoms. The van der Waals surface area contributed by atoms with Gasteiger partial charge < -0.3 is 5.43 Å². The molecule has 2 aromatic rings. The molecular weight excluding hydrogens is 368 g/mol. The zero-order chi connectivity index (χ0) is 15.9. The first-order valence-corrected chi connectivity index (χ1v) is 7.51. The van der Waals surface area contributed by atoms with Crippen molar-refractivity contribution in [3.05, 3.63) is 81.4 Å². The lowest BCUT2D eigenvalue weighted by Crippen LogP contribution is -2.33. The first-order chi connectivity index (χ1) is 10.6. The Bertz CT molecular complexity index is 697. The second-order valence-electron chi connectivity index (χ2n) is 4.31. The van der Waals surface area contributed by atoms with Crippen molar-refractivity contribution in [3.8, 4) is 0 Å². The lowest BCUT2D eigenvalue weighted by Gasteiger charge is -2.04. The van der Waals surface area contributed by atoms with E-state index in [0.717, 1.165) is 4.47 Å². The molecule has 0 atom stereocenters. The molecule has 0 aliphatic rings. The van der Waals surface area contributed by atoms with Crippen LogP contribution < -0.4 is 10.9 Å². The van der Waals surface area contributed by atoms with Gasteiger partial charge in [0.15, 0.2) is 5.78 Å². The van der Waals surface area contributed by atoms with E-state index >= 15 is 0 Å². The second kappa shape index (κ2) is 7.77. The van der Waals surface area contributed by atoms with Crippen LogP contribution in [0.15, 0.2) is 65.3 Å². The standard InChI is InChI=1S/C16H12BrClN2O2/c17-13-5-1-12(2-6-13)16(22)20-19-10-9-15(21)11-3-7-14(18)8-4-11/h1-10,19H,(H,20,22)/b10-9+. The lowest BCUT2D eigenvalue weighted by molar-refractivity contribution is 0.0939. The summed E-state index contributed by atoms with van der Waals surface area (Å²) < 4.78 is 0.894. The predicted octanol–water partition coefficient (Wildman–Crippen LogP) is 3.73. The fourth-order valence-corrected chi connectivity index (χ4v) is 2.00. The van der Waals surface area contributed by atoms with Crippen LogP contribution in [0, 0.1) is 0 Å². The molecule has 0 aliphatic carbocycles. The van der Waals surface area contributed by atoms with Gasteiger partial charge in [-0.2, -0.15) is 0 Å². The van der Waals surface area contributed by atoms with E-state index < -0.39 is 0 Å². The maximum absolute atomic E-state index is 11.8. The van der Waals surface area contributed by atoms with E-state index in [1.54, 1.807) is 48.5 Å². The van der Waals surface area contributed by atoms with Crippen molar-refractivity contribution in [2.24, 2.45) is 0 Å². The fourth-order valence-electron chi connectivity index (χ4n) is 1.61. The van der Waals surface area contributed by atoms with Crippen LogP contribution in [0.2, 0.25) is 5.02 Å². The van der Waals surface area contributed by atoms with Crippen molar-refractivity contribution in [1.29, 1.82) is 0 Å². The van der Waals surface area contributed by atoms with Gasteiger partial charge in [-0.3, -0.25) is 15.0 Å². The molecule has 0 fully saturated rings. The van der Waals surface area contributed by atoms with E-state index in [9.17, 15) is 9.59 Å². The van der Waals surface area contributed by atoms with Crippen molar-refractivity contribution in [2.75, 3.05) is 0 Å². The second-order valence-corrected chi connectivity index (χ2v) is 5.66. The van der Waals surface area contributed by atoms with E-state index in [2.05, 4.69) is 26.8 Å². The predicted molar refractivity (Wildman–Crippen MR) is 89.7 cm³/mol. The minimum atomic E-state index is -0.295. The summed E-state index contributed by atoms with van der Waals surface area (Å²) in [7, 11) is 0. The number of amides is 1. The number of hydrogen-bond acceptors (Lipinski definition) is 3. The molecule has 2 aromatic carbocycles. The van der Waals surface area contributed by atoms with Gasteiger partial charge in [-0.15, -0.1) is 0 Å². The van der Waals surface area contributed by atoms with Gasteiger partial charge in [0.05, 0.1) is 0 Å². The van der Waals surface area contributed by atoms with Crippen molar-refractivity contribution >= 4 is 39.2 Å². The Morgan fingerprint density at radius 2 is 1.55 bits per heavy atom. The maximum atomic E-state index is 11.8. The Balaban J connectivity index is 1.85. The van der Waals surface area contributed by atoms with Gasteiger partial charge in [0.25, 0.3) is 5.91 Å². The summed E-state index contributed by atoms with van der Waals surface area (Å²) in [6.45, 7) is 0. The monoisotopic (exact) mass is 378 g/mol. The summed E-state index contributed by atoms with van der Waals surface area (Å²) in [6.07, 6.45) is 2.69. The van der Waals surface area contributed by atoms with Crippen LogP contribution in [0.25, 0.3) is 0 Å². The summed E-state index contributed by atoms with van der Waals surface area (Å²) in [6, 6.07) is 13.5. The van der Waals surface area contributed by atoms with Gasteiger partial charge >= 0.3 is 0 Å². The van der Waals surface area contributed by atoms with Crippen LogP contribution in [0.5, 0.6) is 0 Å². The number of hydrogen-bond donors (Lipinski definition) is 2. The third-order valence-electron chi connectivity index (χ3n) is 2.74. The minimum absolute atomic E-state index is 0.193. The van der Waals surface area contributed by atoms with Gasteiger partial charge in [-0.25, -0.2) is 0 Å². The topological polar surface area (TPSA) is 58.2 Å². The molecule has 2 rings (SSSR count). The van der Waals surface area contributed by atoms with Crippen molar-refractivity contribution < 1.29 is 9.59 Å². The zero-order valence-corrected chi connectivity index (χ0v) is 13.7. The first kappa shape index (κ1) is 16.3. The van der Waals surface area contributed by atoms with E-state index in [0.29, 0.717) is 16.1 Å². The molecular formula is C16H12BrClN2O2. The fraction of sp³-hybridized carbons (Fsp3) is 0. The maximum Gasteiger partial charge on any atom is 0.269 e. The summed E-state index contributed by atoms with van der Waals surface area (Å²) in [4.78, 5) is 23.6. The Hall–Kier alpha value is -2.11. The van der Waals surface area contributed by atoms with Gasteiger partial charge in [0, 0.05) is 32.9 Å². The summed E-state index contributed by atoms with van der Waals surface area (Å²) in [5.41, 5.74) is 6.06. The molecule has 0 saturated heterocycles. The number of hydrazine groups is 1. The van der Waals surface area contributed by atoms with Crippen LogP contribution in [0.4, 0.5) is 0 Å². The average Bonchev–Trinajstić information content (AvgIpc) is 2.52. The normalized spacial score (nSPS) is 10.5. The molecule has 112 valence electrons. The number of benzene rings is 2. The largest absolute Gasteiger partial charge is 0.305 e. The number of nitrogens with one attached hydrogen (secondary N) is 2. The molecule has 22 heavy (non-hydrogen) atoms. The van der Waals surface area contributed by atoms with Crippen LogP contribution in [-0.4, -0.2) is 11.7 Å². The van der Waals surface area contributed by atoms with E-state index in [1.165, 1.54) is 12.3 Å². The van der Waals surface area contributed by atoms with Crippen LogP contribution in [0.3, 0.4) is 0 Å². The highest BCUT2D eigenvalue weighted by Crippen LogP contribution is 2.11. The summed E-state index contributed by atoms with van der Waals surface area (Å²) >= 11 is 9.05. The number of allylic oxidation sites excluding steroid dienone is 1. The third-order valence-corrected chi connectivity index (χ3v) is 3.52. The van der Waals surface area contributed by atoms with E-state index in [4.69, 9.17) is 11.6 Å². The van der Waals surface area contributed by atoms with Gasteiger partial charge in [0.1, 0.15) is 0 Å². The minimum Gasteiger partial charge on any atom is -0.305 e. The molecule has 0 radical (unpaired) electrons. The van der Waals surface area contributed by atoms with Gasteiger partial charge in [-0.05, 0) is 48.5 Å². The third kappa shape index (κ3) is 4.72. The first-order valence-electron chi connectivity index (χ1n) is 6.34. The molecule has 0 saturated carbocycles. The highest BCUT2D eigenvalue weighted by molar-refractivity contribution is 9.10. The van der Waals surface area contributed by atoms with E-state index in [-0.39, 0.29) is 11.7 Å². The number of ketones is 1. The molecule has 0 aliphatic heterocycles. The quantitative estimate of drug-likeness (QED) is 0.473. The molecule has 0 heterocycles. The molecule has 2 N–H and O–H groups in total. The Labute approximate surface area is 141 Å².